The average Bonchev–Trinajstić information content (AvgIpc) is 2.82. The van der Waals surface area contributed by atoms with Gasteiger partial charge in [-0.05, 0) is 40.7 Å². The number of rotatable bonds is 1. The Kier molecular flexibility index (Phi) is 2.53. The molecule has 0 amide bonds. The van der Waals surface area contributed by atoms with Crippen molar-refractivity contribution in [2.24, 2.45) is 0 Å². The standard InChI is InChI=1S/C13H18BN3O2/c1-8-11-9(7-15-17-11)6-10(16-8)14-18-12(2,3)13(4,5)19-14/h6-7H,1-5H3,(H,15,17). The predicted molar refractivity (Wildman–Crippen MR) is 74.3 cm³/mol. The molecule has 1 aliphatic rings. The first-order valence-electron chi connectivity index (χ1n) is 6.46. The lowest BCUT2D eigenvalue weighted by Gasteiger charge is -2.32. The molecule has 1 saturated heterocycles. The van der Waals surface area contributed by atoms with E-state index in [0.29, 0.717) is 0 Å². The summed E-state index contributed by atoms with van der Waals surface area (Å²) in [4.78, 5) is 4.57. The van der Waals surface area contributed by atoms with Crippen LogP contribution in [0.1, 0.15) is 33.4 Å². The number of hydrogen-bond donors (Lipinski definition) is 1. The van der Waals surface area contributed by atoms with Crippen LogP contribution >= 0.6 is 0 Å². The molecule has 6 heteroatoms. The Hall–Kier alpha value is -1.40. The molecule has 3 rings (SSSR count). The van der Waals surface area contributed by atoms with Gasteiger partial charge < -0.3 is 9.31 Å². The first-order valence-corrected chi connectivity index (χ1v) is 6.46. The van der Waals surface area contributed by atoms with Crippen LogP contribution in [-0.2, 0) is 9.31 Å². The van der Waals surface area contributed by atoms with Gasteiger partial charge in [-0.3, -0.25) is 10.1 Å². The van der Waals surface area contributed by atoms with E-state index in [0.717, 1.165) is 22.2 Å². The molecule has 5 nitrogen and oxygen atoms in total. The highest BCUT2D eigenvalue weighted by Gasteiger charge is 2.52. The van der Waals surface area contributed by atoms with Crippen LogP contribution in [0, 0.1) is 6.92 Å². The molecule has 0 aromatic carbocycles. The molecule has 2 aromatic rings. The van der Waals surface area contributed by atoms with E-state index in [2.05, 4.69) is 15.2 Å². The van der Waals surface area contributed by atoms with E-state index in [9.17, 15) is 0 Å². The molecular formula is C13H18BN3O2. The molecule has 2 aromatic heterocycles. The van der Waals surface area contributed by atoms with Gasteiger partial charge >= 0.3 is 7.12 Å². The lowest BCUT2D eigenvalue weighted by atomic mass is 9.83. The van der Waals surface area contributed by atoms with Crippen LogP contribution < -0.4 is 5.59 Å². The number of nitrogens with one attached hydrogen (secondary N) is 1. The molecule has 3 heterocycles. The van der Waals surface area contributed by atoms with Crippen LogP contribution in [0.5, 0.6) is 0 Å². The number of aromatic nitrogens is 3. The summed E-state index contributed by atoms with van der Waals surface area (Å²) in [6.07, 6.45) is 1.79. The smallest absolute Gasteiger partial charge is 0.398 e. The number of hydrogen-bond acceptors (Lipinski definition) is 4. The third-order valence-corrected chi connectivity index (χ3v) is 4.13. The van der Waals surface area contributed by atoms with Crippen molar-refractivity contribution in [2.45, 2.75) is 45.8 Å². The van der Waals surface area contributed by atoms with E-state index in [1.165, 1.54) is 0 Å². The molecule has 0 spiro atoms. The quantitative estimate of drug-likeness (QED) is 0.789. The highest BCUT2D eigenvalue weighted by atomic mass is 16.7. The Balaban J connectivity index is 2.02. The fraction of sp³-hybridized carbons (Fsp3) is 0.538. The maximum absolute atomic E-state index is 6.02. The Morgan fingerprint density at radius 1 is 1.16 bits per heavy atom. The minimum Gasteiger partial charge on any atom is -0.398 e. The molecule has 0 atom stereocenters. The summed E-state index contributed by atoms with van der Waals surface area (Å²) in [5.74, 6) is 0. The summed E-state index contributed by atoms with van der Waals surface area (Å²) in [5, 5.41) is 8.01. The van der Waals surface area contributed by atoms with Crippen molar-refractivity contribution in [1.29, 1.82) is 0 Å². The van der Waals surface area contributed by atoms with Gasteiger partial charge in [0.25, 0.3) is 0 Å². The van der Waals surface area contributed by atoms with E-state index in [1.807, 2.05) is 40.7 Å². The summed E-state index contributed by atoms with van der Waals surface area (Å²) in [6, 6.07) is 1.97. The average molecular weight is 259 g/mol. The van der Waals surface area contributed by atoms with Gasteiger partial charge in [-0.2, -0.15) is 5.10 Å². The molecule has 100 valence electrons. The Labute approximate surface area is 112 Å². The number of nitrogens with zero attached hydrogens (tertiary/aromatic N) is 2. The fourth-order valence-corrected chi connectivity index (χ4v) is 2.22. The molecule has 0 bridgehead atoms. The normalized spacial score (nSPS) is 21.2. The zero-order valence-corrected chi connectivity index (χ0v) is 11.9. The largest absolute Gasteiger partial charge is 0.514 e. The molecule has 1 fully saturated rings. The molecule has 19 heavy (non-hydrogen) atoms. The zero-order valence-electron chi connectivity index (χ0n) is 11.9. The van der Waals surface area contributed by atoms with Gasteiger partial charge in [0, 0.05) is 5.39 Å². The van der Waals surface area contributed by atoms with Crippen LogP contribution in [0.25, 0.3) is 10.9 Å². The lowest BCUT2D eigenvalue weighted by Crippen LogP contribution is -2.41. The van der Waals surface area contributed by atoms with Gasteiger partial charge in [-0.15, -0.1) is 0 Å². The van der Waals surface area contributed by atoms with E-state index in [1.54, 1.807) is 6.20 Å². The molecule has 0 unspecified atom stereocenters. The third-order valence-electron chi connectivity index (χ3n) is 4.13. The number of fused-ring (bicyclic) bond motifs is 1. The van der Waals surface area contributed by atoms with Gasteiger partial charge in [0.15, 0.2) is 0 Å². The molecule has 0 saturated carbocycles. The van der Waals surface area contributed by atoms with Gasteiger partial charge in [-0.25, -0.2) is 0 Å². The molecule has 1 N–H and O–H groups in total. The maximum Gasteiger partial charge on any atom is 0.514 e. The van der Waals surface area contributed by atoms with E-state index < -0.39 is 7.12 Å². The SMILES string of the molecule is Cc1nc(B2OC(C)(C)C(C)(C)O2)cc2cn[nH]c12. The van der Waals surface area contributed by atoms with Crippen molar-refractivity contribution >= 4 is 23.6 Å². The van der Waals surface area contributed by atoms with Gasteiger partial charge in [-0.1, -0.05) is 0 Å². The Morgan fingerprint density at radius 2 is 1.79 bits per heavy atom. The van der Waals surface area contributed by atoms with Crippen LogP contribution in [0.3, 0.4) is 0 Å². The van der Waals surface area contributed by atoms with Crippen LogP contribution in [0.2, 0.25) is 0 Å². The number of pyridine rings is 1. The van der Waals surface area contributed by atoms with Crippen molar-refractivity contribution < 1.29 is 9.31 Å². The zero-order chi connectivity index (χ0) is 13.8. The first kappa shape index (κ1) is 12.6. The first-order chi connectivity index (χ1) is 8.80. The summed E-state index contributed by atoms with van der Waals surface area (Å²) >= 11 is 0. The summed E-state index contributed by atoms with van der Waals surface area (Å²) in [7, 11) is -0.428. The Bertz CT molecular complexity index is 620. The topological polar surface area (TPSA) is 60.0 Å². The maximum atomic E-state index is 6.02. The monoisotopic (exact) mass is 259 g/mol. The van der Waals surface area contributed by atoms with Crippen molar-refractivity contribution in [3.63, 3.8) is 0 Å². The summed E-state index contributed by atoms with van der Waals surface area (Å²) < 4.78 is 12.0. The van der Waals surface area contributed by atoms with Crippen molar-refractivity contribution in [1.82, 2.24) is 15.2 Å². The second-order valence-electron chi connectivity index (χ2n) is 6.06. The fourth-order valence-electron chi connectivity index (χ4n) is 2.22. The summed E-state index contributed by atoms with van der Waals surface area (Å²) in [6.45, 7) is 10.1. The van der Waals surface area contributed by atoms with Gasteiger partial charge in [0.05, 0.1) is 34.2 Å². The van der Waals surface area contributed by atoms with Crippen molar-refractivity contribution in [2.75, 3.05) is 0 Å². The van der Waals surface area contributed by atoms with Gasteiger partial charge in [0.2, 0.25) is 0 Å². The number of aryl methyl sites for hydroxylation is 1. The van der Waals surface area contributed by atoms with Crippen LogP contribution in [0.4, 0.5) is 0 Å². The predicted octanol–water partition coefficient (Wildman–Crippen LogP) is 1.57. The Morgan fingerprint density at radius 3 is 2.42 bits per heavy atom. The lowest BCUT2D eigenvalue weighted by molar-refractivity contribution is 0.00578. The highest BCUT2D eigenvalue weighted by Crippen LogP contribution is 2.36. The van der Waals surface area contributed by atoms with E-state index in [-0.39, 0.29) is 11.2 Å². The minimum absolute atomic E-state index is 0.349. The summed E-state index contributed by atoms with van der Waals surface area (Å²) in [5.41, 5.74) is 1.96. The highest BCUT2D eigenvalue weighted by molar-refractivity contribution is 6.61. The molecule has 1 aliphatic heterocycles. The second-order valence-corrected chi connectivity index (χ2v) is 6.06. The molecular weight excluding hydrogens is 241 g/mol. The number of H-pyrrole nitrogens is 1. The third kappa shape index (κ3) is 1.86. The van der Waals surface area contributed by atoms with Crippen LogP contribution in [-0.4, -0.2) is 33.5 Å². The van der Waals surface area contributed by atoms with Crippen LogP contribution in [0.15, 0.2) is 12.3 Å². The minimum atomic E-state index is -0.428. The second kappa shape index (κ2) is 3.80. The van der Waals surface area contributed by atoms with Crippen molar-refractivity contribution in [3.05, 3.63) is 18.0 Å². The molecule has 0 aliphatic carbocycles. The van der Waals surface area contributed by atoms with E-state index in [4.69, 9.17) is 9.31 Å². The molecule has 0 radical (unpaired) electrons. The van der Waals surface area contributed by atoms with E-state index >= 15 is 0 Å². The van der Waals surface area contributed by atoms with Crippen molar-refractivity contribution in [3.8, 4) is 0 Å². The van der Waals surface area contributed by atoms with Gasteiger partial charge in [0.1, 0.15) is 0 Å². The number of aromatic amines is 1.